The van der Waals surface area contributed by atoms with Gasteiger partial charge < -0.3 is 15.9 Å². The summed E-state index contributed by atoms with van der Waals surface area (Å²) < 4.78 is 5.11. The lowest BCUT2D eigenvalue weighted by Crippen LogP contribution is -2.13. The van der Waals surface area contributed by atoms with Crippen LogP contribution in [0.15, 0.2) is 29.4 Å². The number of methoxy groups -OCH3 is 1. The number of hydrogen-bond acceptors (Lipinski definition) is 4. The zero-order valence-electron chi connectivity index (χ0n) is 8.73. The molecule has 2 rings (SSSR count). The molecule has 15 heavy (non-hydrogen) atoms. The molecule has 0 saturated heterocycles. The van der Waals surface area contributed by atoms with Crippen LogP contribution in [0.3, 0.4) is 0 Å². The van der Waals surface area contributed by atoms with E-state index in [2.05, 4.69) is 10.5 Å². The smallest absolute Gasteiger partial charge is 0.118 e. The second kappa shape index (κ2) is 4.31. The van der Waals surface area contributed by atoms with E-state index in [0.717, 1.165) is 17.9 Å². The van der Waals surface area contributed by atoms with Crippen LogP contribution in [0.25, 0.3) is 0 Å². The van der Waals surface area contributed by atoms with E-state index in [9.17, 15) is 0 Å². The van der Waals surface area contributed by atoms with Gasteiger partial charge in [-0.2, -0.15) is 5.10 Å². The number of hydrogen-bond donors (Lipinski definition) is 2. The molecule has 1 atom stereocenters. The Labute approximate surface area is 89.1 Å². The first-order valence-electron chi connectivity index (χ1n) is 4.98. The Bertz CT molecular complexity index is 359. The van der Waals surface area contributed by atoms with Crippen LogP contribution in [0.2, 0.25) is 0 Å². The number of hydrazone groups is 1. The fourth-order valence-corrected chi connectivity index (χ4v) is 1.65. The molecule has 0 radical (unpaired) electrons. The summed E-state index contributed by atoms with van der Waals surface area (Å²) in [6.45, 7) is 0.527. The molecule has 0 amide bonds. The Morgan fingerprint density at radius 1 is 1.47 bits per heavy atom. The van der Waals surface area contributed by atoms with Gasteiger partial charge in [0.1, 0.15) is 5.75 Å². The lowest BCUT2D eigenvalue weighted by atomic mass is 10.0. The van der Waals surface area contributed by atoms with Gasteiger partial charge >= 0.3 is 0 Å². The maximum Gasteiger partial charge on any atom is 0.118 e. The summed E-state index contributed by atoms with van der Waals surface area (Å²) in [7, 11) is 1.67. The molecule has 1 unspecified atom stereocenters. The topological polar surface area (TPSA) is 59.6 Å². The fourth-order valence-electron chi connectivity index (χ4n) is 1.65. The second-order valence-corrected chi connectivity index (χ2v) is 3.54. The van der Waals surface area contributed by atoms with E-state index in [4.69, 9.17) is 10.5 Å². The van der Waals surface area contributed by atoms with Crippen LogP contribution >= 0.6 is 0 Å². The van der Waals surface area contributed by atoms with Crippen molar-refractivity contribution in [1.82, 2.24) is 5.43 Å². The monoisotopic (exact) mass is 205 g/mol. The van der Waals surface area contributed by atoms with Crippen molar-refractivity contribution in [3.8, 4) is 5.75 Å². The fraction of sp³-hybridized carbons (Fsp3) is 0.364. The summed E-state index contributed by atoms with van der Waals surface area (Å²) >= 11 is 0. The third-order valence-electron chi connectivity index (χ3n) is 2.57. The molecule has 0 bridgehead atoms. The van der Waals surface area contributed by atoms with Gasteiger partial charge in [-0.3, -0.25) is 0 Å². The molecule has 1 heterocycles. The first kappa shape index (κ1) is 9.98. The van der Waals surface area contributed by atoms with Gasteiger partial charge in [-0.05, 0) is 17.7 Å². The van der Waals surface area contributed by atoms with E-state index in [-0.39, 0.29) is 6.04 Å². The van der Waals surface area contributed by atoms with Crippen molar-refractivity contribution in [3.63, 3.8) is 0 Å². The van der Waals surface area contributed by atoms with Gasteiger partial charge in [0.15, 0.2) is 0 Å². The maximum atomic E-state index is 5.53. The molecule has 0 fully saturated rings. The third kappa shape index (κ3) is 2.10. The molecule has 4 heteroatoms. The average Bonchev–Trinajstić information content (AvgIpc) is 2.78. The normalized spacial score (nSPS) is 19.6. The van der Waals surface area contributed by atoms with Gasteiger partial charge in [0.25, 0.3) is 0 Å². The maximum absolute atomic E-state index is 5.53. The van der Waals surface area contributed by atoms with Crippen molar-refractivity contribution in [2.24, 2.45) is 10.8 Å². The van der Waals surface area contributed by atoms with Crippen molar-refractivity contribution in [2.75, 3.05) is 13.7 Å². The Kier molecular flexibility index (Phi) is 2.87. The highest BCUT2D eigenvalue weighted by Crippen LogP contribution is 2.23. The van der Waals surface area contributed by atoms with Crippen molar-refractivity contribution in [2.45, 2.75) is 12.5 Å². The molecule has 1 aliphatic rings. The van der Waals surface area contributed by atoms with E-state index in [1.165, 1.54) is 5.56 Å². The number of ether oxygens (including phenoxy) is 1. The predicted molar refractivity (Wildman–Crippen MR) is 60.0 cm³/mol. The Balaban J connectivity index is 2.05. The predicted octanol–water partition coefficient (Wildman–Crippen LogP) is 1.04. The lowest BCUT2D eigenvalue weighted by molar-refractivity contribution is 0.414. The lowest BCUT2D eigenvalue weighted by Gasteiger charge is -2.10. The van der Waals surface area contributed by atoms with Crippen molar-refractivity contribution < 1.29 is 4.74 Å². The highest BCUT2D eigenvalue weighted by Gasteiger charge is 2.18. The summed E-state index contributed by atoms with van der Waals surface area (Å²) in [5.41, 5.74) is 10.8. The van der Waals surface area contributed by atoms with Crippen LogP contribution in [0.1, 0.15) is 18.0 Å². The number of benzene rings is 1. The van der Waals surface area contributed by atoms with E-state index < -0.39 is 0 Å². The highest BCUT2D eigenvalue weighted by molar-refractivity contribution is 5.88. The van der Waals surface area contributed by atoms with Gasteiger partial charge in [-0.15, -0.1) is 0 Å². The van der Waals surface area contributed by atoms with Crippen LogP contribution in [0, 0.1) is 0 Å². The van der Waals surface area contributed by atoms with Gasteiger partial charge in [0, 0.05) is 13.0 Å². The second-order valence-electron chi connectivity index (χ2n) is 3.54. The minimum absolute atomic E-state index is 0.259. The third-order valence-corrected chi connectivity index (χ3v) is 2.57. The van der Waals surface area contributed by atoms with E-state index in [1.54, 1.807) is 7.11 Å². The zero-order chi connectivity index (χ0) is 10.7. The minimum atomic E-state index is 0.259. The quantitative estimate of drug-likeness (QED) is 0.775. The summed E-state index contributed by atoms with van der Waals surface area (Å²) in [5.74, 6) is 0.872. The highest BCUT2D eigenvalue weighted by atomic mass is 16.5. The molecule has 0 spiro atoms. The van der Waals surface area contributed by atoms with Crippen LogP contribution in [0.5, 0.6) is 5.75 Å². The van der Waals surface area contributed by atoms with Gasteiger partial charge in [0.05, 0.1) is 18.9 Å². The first-order valence-corrected chi connectivity index (χ1v) is 4.98. The largest absolute Gasteiger partial charge is 0.497 e. The Morgan fingerprint density at radius 3 is 2.73 bits per heavy atom. The van der Waals surface area contributed by atoms with Gasteiger partial charge in [-0.25, -0.2) is 0 Å². The summed E-state index contributed by atoms with van der Waals surface area (Å²) in [6.07, 6.45) is 0.892. The first-order chi connectivity index (χ1) is 7.33. The molecule has 0 saturated carbocycles. The van der Waals surface area contributed by atoms with Crippen LogP contribution in [-0.4, -0.2) is 19.4 Å². The summed E-state index contributed by atoms with van der Waals surface area (Å²) in [6, 6.07) is 8.26. The van der Waals surface area contributed by atoms with Crippen molar-refractivity contribution in [1.29, 1.82) is 0 Å². The molecule has 1 aromatic rings. The average molecular weight is 205 g/mol. The number of nitrogens with two attached hydrogens (primary N) is 1. The molecule has 0 aromatic heterocycles. The van der Waals surface area contributed by atoms with Crippen LogP contribution in [-0.2, 0) is 0 Å². The standard InChI is InChI=1S/C11H15N3O/c1-15-10-4-2-8(3-5-10)11-6-9(7-12)13-14-11/h2-5,11,14H,6-7,12H2,1H3. The SMILES string of the molecule is COc1ccc(C2CC(CN)=NN2)cc1. The molecule has 1 aromatic carbocycles. The van der Waals surface area contributed by atoms with Crippen LogP contribution < -0.4 is 15.9 Å². The molecular weight excluding hydrogens is 190 g/mol. The zero-order valence-corrected chi connectivity index (χ0v) is 8.73. The number of nitrogens with one attached hydrogen (secondary N) is 1. The van der Waals surface area contributed by atoms with Crippen LogP contribution in [0.4, 0.5) is 0 Å². The minimum Gasteiger partial charge on any atom is -0.497 e. The van der Waals surface area contributed by atoms with Gasteiger partial charge in [0.2, 0.25) is 0 Å². The molecule has 0 aliphatic carbocycles. The molecular formula is C11H15N3O. The van der Waals surface area contributed by atoms with E-state index in [1.807, 2.05) is 24.3 Å². The number of rotatable bonds is 3. The number of nitrogens with zero attached hydrogens (tertiary/aromatic N) is 1. The summed E-state index contributed by atoms with van der Waals surface area (Å²) in [4.78, 5) is 0. The molecule has 3 N–H and O–H groups in total. The molecule has 80 valence electrons. The summed E-state index contributed by atoms with van der Waals surface area (Å²) in [5, 5.41) is 4.16. The van der Waals surface area contributed by atoms with Crippen molar-refractivity contribution in [3.05, 3.63) is 29.8 Å². The van der Waals surface area contributed by atoms with E-state index in [0.29, 0.717) is 6.54 Å². The Morgan fingerprint density at radius 2 is 2.20 bits per heavy atom. The Hall–Kier alpha value is -1.55. The molecule has 4 nitrogen and oxygen atoms in total. The van der Waals surface area contributed by atoms with E-state index >= 15 is 0 Å². The van der Waals surface area contributed by atoms with Crippen molar-refractivity contribution >= 4 is 5.71 Å². The van der Waals surface area contributed by atoms with Gasteiger partial charge in [-0.1, -0.05) is 12.1 Å². The molecule has 1 aliphatic heterocycles.